The number of nitro groups is 1. The summed E-state index contributed by atoms with van der Waals surface area (Å²) in [5.41, 5.74) is 6.17. The molecule has 1 aromatic carbocycles. The molecular formula is C13H13N3O4. The SMILES string of the molecule is COCc1cccc(Oc2nc(N)ccc2[N+](=O)[O-])c1. The summed E-state index contributed by atoms with van der Waals surface area (Å²) in [6.45, 7) is 0.420. The predicted molar refractivity (Wildman–Crippen MR) is 72.5 cm³/mol. The van der Waals surface area contributed by atoms with Crippen LogP contribution in [0.25, 0.3) is 0 Å². The van der Waals surface area contributed by atoms with Gasteiger partial charge in [-0.25, -0.2) is 0 Å². The number of benzene rings is 1. The molecule has 2 rings (SSSR count). The van der Waals surface area contributed by atoms with Crippen molar-refractivity contribution in [2.45, 2.75) is 6.61 Å². The van der Waals surface area contributed by atoms with Crippen molar-refractivity contribution in [1.82, 2.24) is 4.98 Å². The van der Waals surface area contributed by atoms with Gasteiger partial charge in [-0.15, -0.1) is 0 Å². The van der Waals surface area contributed by atoms with Crippen molar-refractivity contribution < 1.29 is 14.4 Å². The molecule has 104 valence electrons. The molecule has 0 saturated heterocycles. The van der Waals surface area contributed by atoms with Gasteiger partial charge in [0.2, 0.25) is 0 Å². The Kier molecular flexibility index (Phi) is 4.11. The summed E-state index contributed by atoms with van der Waals surface area (Å²) in [7, 11) is 1.58. The van der Waals surface area contributed by atoms with Crippen molar-refractivity contribution in [2.24, 2.45) is 0 Å². The lowest BCUT2D eigenvalue weighted by atomic mass is 10.2. The van der Waals surface area contributed by atoms with Crippen molar-refractivity contribution in [3.05, 3.63) is 52.1 Å². The molecule has 0 spiro atoms. The topological polar surface area (TPSA) is 101 Å². The van der Waals surface area contributed by atoms with Gasteiger partial charge in [0.1, 0.15) is 11.6 Å². The Labute approximate surface area is 115 Å². The van der Waals surface area contributed by atoms with Crippen LogP contribution in [0.15, 0.2) is 36.4 Å². The second-order valence-electron chi connectivity index (χ2n) is 4.00. The van der Waals surface area contributed by atoms with E-state index in [0.29, 0.717) is 12.4 Å². The first kappa shape index (κ1) is 13.8. The number of methoxy groups -OCH3 is 1. The fourth-order valence-electron chi connectivity index (χ4n) is 1.64. The number of rotatable bonds is 5. The highest BCUT2D eigenvalue weighted by atomic mass is 16.6. The van der Waals surface area contributed by atoms with Gasteiger partial charge in [0.25, 0.3) is 0 Å². The molecule has 7 heteroatoms. The molecule has 0 amide bonds. The maximum Gasteiger partial charge on any atom is 0.331 e. The van der Waals surface area contributed by atoms with Crippen LogP contribution >= 0.6 is 0 Å². The lowest BCUT2D eigenvalue weighted by Crippen LogP contribution is -1.99. The van der Waals surface area contributed by atoms with Crippen LogP contribution in [0.5, 0.6) is 11.6 Å². The van der Waals surface area contributed by atoms with Gasteiger partial charge in [0.05, 0.1) is 11.5 Å². The van der Waals surface area contributed by atoms with E-state index in [1.165, 1.54) is 12.1 Å². The van der Waals surface area contributed by atoms with Gasteiger partial charge in [-0.05, 0) is 23.8 Å². The fourth-order valence-corrected chi connectivity index (χ4v) is 1.64. The van der Waals surface area contributed by atoms with Gasteiger partial charge in [0.15, 0.2) is 0 Å². The Hall–Kier alpha value is -2.67. The standard InChI is InChI=1S/C13H13N3O4/c1-19-8-9-3-2-4-10(7-9)20-13-11(16(17)18)5-6-12(14)15-13/h2-7H,8H2,1H3,(H2,14,15). The molecule has 0 bridgehead atoms. The van der Waals surface area contributed by atoms with E-state index in [0.717, 1.165) is 5.56 Å². The second-order valence-corrected chi connectivity index (χ2v) is 4.00. The van der Waals surface area contributed by atoms with Crippen molar-refractivity contribution >= 4 is 11.5 Å². The summed E-state index contributed by atoms with van der Waals surface area (Å²) < 4.78 is 10.5. The average Bonchev–Trinajstić information content (AvgIpc) is 2.39. The molecule has 7 nitrogen and oxygen atoms in total. The van der Waals surface area contributed by atoms with Gasteiger partial charge >= 0.3 is 11.6 Å². The van der Waals surface area contributed by atoms with Gasteiger partial charge in [-0.3, -0.25) is 10.1 Å². The third-order valence-corrected chi connectivity index (χ3v) is 2.48. The molecule has 0 aliphatic heterocycles. The van der Waals surface area contributed by atoms with Gasteiger partial charge < -0.3 is 15.2 Å². The smallest absolute Gasteiger partial charge is 0.331 e. The minimum Gasteiger partial charge on any atom is -0.434 e. The zero-order valence-electron chi connectivity index (χ0n) is 10.8. The molecule has 0 radical (unpaired) electrons. The average molecular weight is 275 g/mol. The van der Waals surface area contributed by atoms with E-state index in [-0.39, 0.29) is 17.4 Å². The van der Waals surface area contributed by atoms with Gasteiger partial charge in [0, 0.05) is 13.2 Å². The Morgan fingerprint density at radius 2 is 2.15 bits per heavy atom. The van der Waals surface area contributed by atoms with Crippen LogP contribution in [-0.2, 0) is 11.3 Å². The molecule has 2 N–H and O–H groups in total. The van der Waals surface area contributed by atoms with Crippen molar-refractivity contribution in [3.63, 3.8) is 0 Å². The van der Waals surface area contributed by atoms with E-state index >= 15 is 0 Å². The molecule has 2 aromatic rings. The monoisotopic (exact) mass is 275 g/mol. The number of nitrogens with zero attached hydrogens (tertiary/aromatic N) is 2. The number of nitrogen functional groups attached to an aromatic ring is 1. The molecule has 0 saturated carbocycles. The summed E-state index contributed by atoms with van der Waals surface area (Å²) in [5, 5.41) is 10.9. The van der Waals surface area contributed by atoms with Crippen LogP contribution in [0.3, 0.4) is 0 Å². The van der Waals surface area contributed by atoms with E-state index in [1.807, 2.05) is 6.07 Å². The summed E-state index contributed by atoms with van der Waals surface area (Å²) in [6, 6.07) is 9.63. The van der Waals surface area contributed by atoms with E-state index in [9.17, 15) is 10.1 Å². The van der Waals surface area contributed by atoms with Crippen LogP contribution < -0.4 is 10.5 Å². The molecule has 20 heavy (non-hydrogen) atoms. The molecular weight excluding hydrogens is 262 g/mol. The first-order valence-corrected chi connectivity index (χ1v) is 5.77. The molecule has 0 aliphatic carbocycles. The maximum atomic E-state index is 10.9. The molecule has 0 aliphatic rings. The van der Waals surface area contributed by atoms with Crippen molar-refractivity contribution in [2.75, 3.05) is 12.8 Å². The Morgan fingerprint density at radius 3 is 2.85 bits per heavy atom. The minimum atomic E-state index is -0.569. The van der Waals surface area contributed by atoms with E-state index < -0.39 is 4.92 Å². The zero-order valence-corrected chi connectivity index (χ0v) is 10.8. The van der Waals surface area contributed by atoms with Crippen LogP contribution in [0.4, 0.5) is 11.5 Å². The van der Waals surface area contributed by atoms with Gasteiger partial charge in [-0.2, -0.15) is 4.98 Å². The van der Waals surface area contributed by atoms with Crippen molar-refractivity contribution in [1.29, 1.82) is 0 Å². The predicted octanol–water partition coefficient (Wildman–Crippen LogP) is 2.51. The molecule has 0 fully saturated rings. The number of pyridine rings is 1. The largest absolute Gasteiger partial charge is 0.434 e. The highest BCUT2D eigenvalue weighted by Crippen LogP contribution is 2.30. The number of ether oxygens (including phenoxy) is 2. The van der Waals surface area contributed by atoms with Crippen molar-refractivity contribution in [3.8, 4) is 11.6 Å². The number of hydrogen-bond acceptors (Lipinski definition) is 6. The second kappa shape index (κ2) is 5.98. The Morgan fingerprint density at radius 1 is 1.35 bits per heavy atom. The Bertz CT molecular complexity index is 631. The lowest BCUT2D eigenvalue weighted by molar-refractivity contribution is -0.386. The van der Waals surface area contributed by atoms with Crippen LogP contribution in [0.1, 0.15) is 5.56 Å². The van der Waals surface area contributed by atoms with Crippen LogP contribution in [-0.4, -0.2) is 17.0 Å². The Balaban J connectivity index is 2.31. The number of nitrogens with two attached hydrogens (primary N) is 1. The summed E-state index contributed by atoms with van der Waals surface area (Å²) in [4.78, 5) is 14.2. The fraction of sp³-hybridized carbons (Fsp3) is 0.154. The first-order valence-electron chi connectivity index (χ1n) is 5.77. The highest BCUT2D eigenvalue weighted by Gasteiger charge is 2.18. The van der Waals surface area contributed by atoms with E-state index in [4.69, 9.17) is 15.2 Å². The normalized spacial score (nSPS) is 10.2. The van der Waals surface area contributed by atoms with E-state index in [1.54, 1.807) is 25.3 Å². The molecule has 1 aromatic heterocycles. The van der Waals surface area contributed by atoms with E-state index in [2.05, 4.69) is 4.98 Å². The number of hydrogen-bond donors (Lipinski definition) is 1. The third-order valence-electron chi connectivity index (χ3n) is 2.48. The number of anilines is 1. The summed E-state index contributed by atoms with van der Waals surface area (Å²) in [5.74, 6) is 0.448. The quantitative estimate of drug-likeness (QED) is 0.664. The highest BCUT2D eigenvalue weighted by molar-refractivity contribution is 5.48. The van der Waals surface area contributed by atoms with Crippen LogP contribution in [0.2, 0.25) is 0 Å². The maximum absolute atomic E-state index is 10.9. The summed E-state index contributed by atoms with van der Waals surface area (Å²) >= 11 is 0. The molecule has 1 heterocycles. The van der Waals surface area contributed by atoms with Crippen LogP contribution in [0, 0.1) is 10.1 Å². The molecule has 0 unspecified atom stereocenters. The zero-order chi connectivity index (χ0) is 14.5. The summed E-state index contributed by atoms with van der Waals surface area (Å²) in [6.07, 6.45) is 0. The number of aromatic nitrogens is 1. The molecule has 0 atom stereocenters. The van der Waals surface area contributed by atoms with Gasteiger partial charge in [-0.1, -0.05) is 12.1 Å². The third kappa shape index (κ3) is 3.21. The minimum absolute atomic E-state index is 0.135. The first-order chi connectivity index (χ1) is 9.60. The lowest BCUT2D eigenvalue weighted by Gasteiger charge is -2.07.